The zero-order valence-corrected chi connectivity index (χ0v) is 10.7. The molecule has 0 unspecified atom stereocenters. The fraction of sp³-hybridized carbons (Fsp3) is 0.250. The minimum atomic E-state index is -1.40. The van der Waals surface area contributed by atoms with Crippen LogP contribution in [0, 0.1) is 0 Å². The first-order valence-corrected chi connectivity index (χ1v) is 6.39. The van der Waals surface area contributed by atoms with Crippen molar-refractivity contribution in [3.63, 3.8) is 0 Å². The van der Waals surface area contributed by atoms with Crippen LogP contribution in [0.15, 0.2) is 35.2 Å². The van der Waals surface area contributed by atoms with Gasteiger partial charge < -0.3 is 15.5 Å². The third kappa shape index (κ3) is 5.91. The average Bonchev–Trinajstić information content (AvgIpc) is 2.36. The van der Waals surface area contributed by atoms with E-state index >= 15 is 0 Å². The number of thioether (sulfide) groups is 1. The molecule has 0 aromatic heterocycles. The number of benzene rings is 1. The second-order valence-corrected chi connectivity index (χ2v) is 4.71. The Morgan fingerprint density at radius 1 is 1.16 bits per heavy atom. The number of nitrogens with one attached hydrogen (secondary N) is 1. The molecular weight excluding hydrogens is 270 g/mol. The van der Waals surface area contributed by atoms with Gasteiger partial charge in [-0.05, 0) is 12.1 Å². The molecule has 6 nitrogen and oxygen atoms in total. The van der Waals surface area contributed by atoms with Crippen LogP contribution in [-0.4, -0.2) is 39.9 Å². The number of carbonyl (C=O) groups is 3. The monoisotopic (exact) mass is 283 g/mol. The van der Waals surface area contributed by atoms with Crippen molar-refractivity contribution in [3.05, 3.63) is 30.3 Å². The van der Waals surface area contributed by atoms with Crippen LogP contribution in [0.25, 0.3) is 0 Å². The lowest BCUT2D eigenvalue weighted by Crippen LogP contribution is -2.43. The quantitative estimate of drug-likeness (QED) is 0.640. The Hall–Kier alpha value is -2.02. The highest BCUT2D eigenvalue weighted by molar-refractivity contribution is 8.00. The highest BCUT2D eigenvalue weighted by Crippen LogP contribution is 2.16. The van der Waals surface area contributed by atoms with Crippen molar-refractivity contribution in [2.24, 2.45) is 0 Å². The van der Waals surface area contributed by atoms with E-state index in [1.807, 2.05) is 30.3 Å². The van der Waals surface area contributed by atoms with Gasteiger partial charge in [0.1, 0.15) is 6.04 Å². The van der Waals surface area contributed by atoms with Crippen molar-refractivity contribution in [3.8, 4) is 0 Å². The molecule has 1 amide bonds. The number of rotatable bonds is 7. The molecule has 0 aliphatic heterocycles. The molecule has 3 N–H and O–H groups in total. The van der Waals surface area contributed by atoms with Crippen LogP contribution < -0.4 is 5.32 Å². The molecule has 1 aromatic rings. The predicted molar refractivity (Wildman–Crippen MR) is 69.0 cm³/mol. The van der Waals surface area contributed by atoms with Gasteiger partial charge in [-0.25, -0.2) is 4.79 Å². The number of hydrogen-bond donors (Lipinski definition) is 3. The maximum absolute atomic E-state index is 11.5. The molecule has 0 heterocycles. The van der Waals surface area contributed by atoms with Crippen LogP contribution in [0.4, 0.5) is 0 Å². The fourth-order valence-electron chi connectivity index (χ4n) is 1.28. The number of carbonyl (C=O) groups excluding carboxylic acids is 1. The van der Waals surface area contributed by atoms with Gasteiger partial charge >= 0.3 is 11.9 Å². The van der Waals surface area contributed by atoms with E-state index in [-0.39, 0.29) is 5.75 Å². The summed E-state index contributed by atoms with van der Waals surface area (Å²) in [5, 5.41) is 19.5. The van der Waals surface area contributed by atoms with Gasteiger partial charge in [-0.2, -0.15) is 0 Å². The SMILES string of the molecule is O=C(O)C[C@@H](NC(=O)CSc1ccccc1)C(=O)O. The molecule has 19 heavy (non-hydrogen) atoms. The van der Waals surface area contributed by atoms with E-state index in [2.05, 4.69) is 5.32 Å². The smallest absolute Gasteiger partial charge is 0.326 e. The highest BCUT2D eigenvalue weighted by Gasteiger charge is 2.22. The molecular formula is C12H13NO5S. The zero-order chi connectivity index (χ0) is 14.3. The Labute approximate surface area is 113 Å². The third-order valence-electron chi connectivity index (χ3n) is 2.13. The first-order valence-electron chi connectivity index (χ1n) is 5.41. The maximum atomic E-state index is 11.5. The summed E-state index contributed by atoms with van der Waals surface area (Å²) in [4.78, 5) is 33.6. The van der Waals surface area contributed by atoms with E-state index in [0.29, 0.717) is 0 Å². The molecule has 0 radical (unpaired) electrons. The molecule has 1 atom stereocenters. The van der Waals surface area contributed by atoms with Gasteiger partial charge in [0.05, 0.1) is 12.2 Å². The molecule has 1 aromatic carbocycles. The summed E-state index contributed by atoms with van der Waals surface area (Å²) in [6, 6.07) is 7.74. The van der Waals surface area contributed by atoms with Crippen molar-refractivity contribution < 1.29 is 24.6 Å². The minimum Gasteiger partial charge on any atom is -0.481 e. The molecule has 0 fully saturated rings. The van der Waals surface area contributed by atoms with Crippen molar-refractivity contribution in [1.29, 1.82) is 0 Å². The minimum absolute atomic E-state index is 0.0351. The first-order chi connectivity index (χ1) is 8.99. The van der Waals surface area contributed by atoms with Crippen molar-refractivity contribution >= 4 is 29.6 Å². The van der Waals surface area contributed by atoms with Crippen LogP contribution in [0.5, 0.6) is 0 Å². The number of aliphatic carboxylic acids is 2. The normalized spacial score (nSPS) is 11.6. The van der Waals surface area contributed by atoms with Crippen LogP contribution in [0.1, 0.15) is 6.42 Å². The van der Waals surface area contributed by atoms with E-state index in [9.17, 15) is 14.4 Å². The van der Waals surface area contributed by atoms with Gasteiger partial charge in [0.15, 0.2) is 0 Å². The number of hydrogen-bond acceptors (Lipinski definition) is 4. The second-order valence-electron chi connectivity index (χ2n) is 3.66. The summed E-state index contributed by atoms with van der Waals surface area (Å²) in [7, 11) is 0. The molecule has 0 aliphatic carbocycles. The van der Waals surface area contributed by atoms with E-state index < -0.39 is 30.3 Å². The largest absolute Gasteiger partial charge is 0.481 e. The van der Waals surface area contributed by atoms with Crippen LogP contribution in [0.3, 0.4) is 0 Å². The van der Waals surface area contributed by atoms with Gasteiger partial charge in [-0.1, -0.05) is 18.2 Å². The Morgan fingerprint density at radius 3 is 2.32 bits per heavy atom. The van der Waals surface area contributed by atoms with Crippen molar-refractivity contribution in [2.75, 3.05) is 5.75 Å². The Morgan fingerprint density at radius 2 is 1.79 bits per heavy atom. The third-order valence-corrected chi connectivity index (χ3v) is 3.14. The molecule has 0 saturated heterocycles. The van der Waals surface area contributed by atoms with Crippen molar-refractivity contribution in [1.82, 2.24) is 5.32 Å². The molecule has 0 saturated carbocycles. The van der Waals surface area contributed by atoms with Gasteiger partial charge in [0.2, 0.25) is 5.91 Å². The Bertz CT molecular complexity index is 462. The Balaban J connectivity index is 2.45. The molecule has 0 bridgehead atoms. The Kier molecular flexibility index (Phi) is 5.87. The molecule has 1 rings (SSSR count). The van der Waals surface area contributed by atoms with Crippen LogP contribution in [0.2, 0.25) is 0 Å². The summed E-state index contributed by atoms with van der Waals surface area (Å²) < 4.78 is 0. The first kappa shape index (κ1) is 15.0. The van der Waals surface area contributed by atoms with E-state index in [0.717, 1.165) is 4.90 Å². The standard InChI is InChI=1S/C12H13NO5S/c14-10(7-19-8-4-2-1-3-5-8)13-9(12(17)18)6-11(15)16/h1-5,9H,6-7H2,(H,13,14)(H,15,16)(H,17,18)/t9-/m1/s1. The van der Waals surface area contributed by atoms with Gasteiger partial charge in [0, 0.05) is 4.90 Å². The zero-order valence-electron chi connectivity index (χ0n) is 9.91. The second kappa shape index (κ2) is 7.42. The maximum Gasteiger partial charge on any atom is 0.326 e. The molecule has 0 spiro atoms. The van der Waals surface area contributed by atoms with E-state index in [4.69, 9.17) is 10.2 Å². The van der Waals surface area contributed by atoms with Crippen molar-refractivity contribution in [2.45, 2.75) is 17.4 Å². The summed E-state index contributed by atoms with van der Waals surface area (Å²) in [5.74, 6) is -3.11. The summed E-state index contributed by atoms with van der Waals surface area (Å²) >= 11 is 1.25. The fourth-order valence-corrected chi connectivity index (χ4v) is 2.01. The topological polar surface area (TPSA) is 104 Å². The lowest BCUT2D eigenvalue weighted by atomic mass is 10.2. The van der Waals surface area contributed by atoms with Crippen LogP contribution in [-0.2, 0) is 14.4 Å². The summed E-state index contributed by atoms with van der Waals surface area (Å²) in [6.07, 6.45) is -0.642. The lowest BCUT2D eigenvalue weighted by Gasteiger charge is -2.12. The van der Waals surface area contributed by atoms with E-state index in [1.165, 1.54) is 11.8 Å². The number of carboxylic acids is 2. The highest BCUT2D eigenvalue weighted by atomic mass is 32.2. The van der Waals surface area contributed by atoms with Gasteiger partial charge in [0.25, 0.3) is 0 Å². The van der Waals surface area contributed by atoms with E-state index in [1.54, 1.807) is 0 Å². The molecule has 102 valence electrons. The molecule has 7 heteroatoms. The van der Waals surface area contributed by atoms with Crippen LogP contribution >= 0.6 is 11.8 Å². The number of amides is 1. The van der Waals surface area contributed by atoms with Gasteiger partial charge in [-0.15, -0.1) is 11.8 Å². The summed E-state index contributed by atoms with van der Waals surface area (Å²) in [5.41, 5.74) is 0. The number of carboxylic acid groups (broad SMARTS) is 2. The molecule has 0 aliphatic rings. The summed E-state index contributed by atoms with van der Waals surface area (Å²) in [6.45, 7) is 0. The average molecular weight is 283 g/mol. The van der Waals surface area contributed by atoms with Gasteiger partial charge in [-0.3, -0.25) is 9.59 Å². The predicted octanol–water partition coefficient (Wildman–Crippen LogP) is 0.823. The lowest BCUT2D eigenvalue weighted by molar-refractivity contribution is -0.147.